The molecule has 3 rings (SSSR count). The number of benzene rings is 2. The molecule has 2 amide bonds. The zero-order chi connectivity index (χ0) is 15.0. The molecule has 0 aromatic heterocycles. The lowest BCUT2D eigenvalue weighted by atomic mass is 9.89. The molecule has 0 atom stereocenters. The van der Waals surface area contributed by atoms with Crippen molar-refractivity contribution in [2.24, 2.45) is 0 Å². The Morgan fingerprint density at radius 3 is 2.00 bits per heavy atom. The summed E-state index contributed by atoms with van der Waals surface area (Å²) >= 11 is 0. The number of aryl methyl sites for hydroxylation is 2. The molecule has 0 radical (unpaired) electrons. The molecule has 3 nitrogen and oxygen atoms in total. The van der Waals surface area contributed by atoms with Crippen LogP contribution < -0.4 is 5.32 Å². The number of nitrogens with one attached hydrogen (secondary N) is 1. The van der Waals surface area contributed by atoms with E-state index in [2.05, 4.69) is 5.32 Å². The first-order valence-electron chi connectivity index (χ1n) is 6.81. The zero-order valence-electron chi connectivity index (χ0n) is 11.9. The third-order valence-electron chi connectivity index (χ3n) is 3.72. The van der Waals surface area contributed by atoms with E-state index in [1.807, 2.05) is 56.3 Å². The topological polar surface area (TPSA) is 46.2 Å². The van der Waals surface area contributed by atoms with Crippen LogP contribution in [0, 0.1) is 13.8 Å². The molecule has 1 heterocycles. The summed E-state index contributed by atoms with van der Waals surface area (Å²) in [5, 5.41) is 2.30. The highest BCUT2D eigenvalue weighted by Gasteiger charge is 2.24. The van der Waals surface area contributed by atoms with Crippen molar-refractivity contribution in [1.82, 2.24) is 5.32 Å². The largest absolute Gasteiger partial charge is 0.289 e. The lowest BCUT2D eigenvalue weighted by molar-refractivity contribution is -0.123. The summed E-state index contributed by atoms with van der Waals surface area (Å²) in [5.41, 5.74) is 5.60. The van der Waals surface area contributed by atoms with E-state index >= 15 is 0 Å². The summed E-state index contributed by atoms with van der Waals surface area (Å²) in [6.07, 6.45) is 1.37. The van der Waals surface area contributed by atoms with E-state index in [0.29, 0.717) is 5.57 Å². The Morgan fingerprint density at radius 2 is 1.43 bits per heavy atom. The number of amides is 2. The van der Waals surface area contributed by atoms with Crippen molar-refractivity contribution >= 4 is 17.4 Å². The van der Waals surface area contributed by atoms with Crippen molar-refractivity contribution < 1.29 is 9.59 Å². The second kappa shape index (κ2) is 5.02. The first kappa shape index (κ1) is 13.3. The summed E-state index contributed by atoms with van der Waals surface area (Å²) in [7, 11) is 0. The predicted octanol–water partition coefficient (Wildman–Crippen LogP) is 3.01. The van der Waals surface area contributed by atoms with Gasteiger partial charge >= 0.3 is 0 Å². The highest BCUT2D eigenvalue weighted by atomic mass is 16.2. The first-order valence-corrected chi connectivity index (χ1v) is 6.81. The van der Waals surface area contributed by atoms with Crippen molar-refractivity contribution in [2.75, 3.05) is 0 Å². The fourth-order valence-electron chi connectivity index (χ4n) is 2.79. The minimum Gasteiger partial charge on any atom is -0.289 e. The number of carbonyl (C=O) groups excluding carboxylic acids is 2. The molecule has 2 aromatic carbocycles. The molecule has 0 saturated heterocycles. The second-order valence-corrected chi connectivity index (χ2v) is 5.19. The maximum Gasteiger partial charge on any atom is 0.258 e. The Kier molecular flexibility index (Phi) is 3.18. The normalized spacial score (nSPS) is 14.1. The van der Waals surface area contributed by atoms with Gasteiger partial charge in [-0.05, 0) is 41.7 Å². The smallest absolute Gasteiger partial charge is 0.258 e. The Balaban J connectivity index is 2.25. The first-order chi connectivity index (χ1) is 10.1. The average molecular weight is 277 g/mol. The lowest BCUT2D eigenvalue weighted by Gasteiger charge is -2.14. The molecular formula is C18H15NO2. The molecule has 1 N–H and O–H groups in total. The van der Waals surface area contributed by atoms with Gasteiger partial charge in [0.05, 0.1) is 5.57 Å². The van der Waals surface area contributed by atoms with E-state index in [9.17, 15) is 9.59 Å². The number of carbonyl (C=O) groups is 2. The summed E-state index contributed by atoms with van der Waals surface area (Å²) in [4.78, 5) is 23.3. The van der Waals surface area contributed by atoms with Crippen LogP contribution in [-0.2, 0) is 9.59 Å². The molecule has 0 unspecified atom stereocenters. The highest BCUT2D eigenvalue weighted by Crippen LogP contribution is 2.34. The minimum atomic E-state index is -0.355. The van der Waals surface area contributed by atoms with Gasteiger partial charge in [0.2, 0.25) is 0 Å². The fraction of sp³-hybridized carbons (Fsp3) is 0.111. The van der Waals surface area contributed by atoms with Gasteiger partial charge in [-0.1, -0.05) is 42.5 Å². The predicted molar refractivity (Wildman–Crippen MR) is 82.5 cm³/mol. The Labute approximate surface area is 123 Å². The van der Waals surface area contributed by atoms with Crippen LogP contribution in [0.3, 0.4) is 0 Å². The van der Waals surface area contributed by atoms with Gasteiger partial charge in [0.15, 0.2) is 0 Å². The monoisotopic (exact) mass is 277 g/mol. The van der Waals surface area contributed by atoms with Crippen molar-refractivity contribution in [3.05, 3.63) is 65.2 Å². The van der Waals surface area contributed by atoms with Crippen molar-refractivity contribution in [3.63, 3.8) is 0 Å². The van der Waals surface area contributed by atoms with Crippen LogP contribution in [-0.4, -0.2) is 11.8 Å². The third kappa shape index (κ3) is 2.27. The standard InChI is InChI=1S/C18H15NO2/c1-11-6-5-7-12(2)17(11)14-9-4-3-8-13(14)15-10-16(20)19-18(15)21/h3-10H,1-2H3,(H,19,20,21). The van der Waals surface area contributed by atoms with Crippen LogP contribution in [0.5, 0.6) is 0 Å². The number of hydrogen-bond donors (Lipinski definition) is 1. The van der Waals surface area contributed by atoms with E-state index in [0.717, 1.165) is 27.8 Å². The third-order valence-corrected chi connectivity index (χ3v) is 3.72. The maximum absolute atomic E-state index is 11.9. The maximum atomic E-state index is 11.9. The van der Waals surface area contributed by atoms with Gasteiger partial charge in [-0.2, -0.15) is 0 Å². The minimum absolute atomic E-state index is 0.335. The van der Waals surface area contributed by atoms with Gasteiger partial charge < -0.3 is 0 Å². The zero-order valence-corrected chi connectivity index (χ0v) is 11.9. The van der Waals surface area contributed by atoms with Crippen LogP contribution in [0.1, 0.15) is 16.7 Å². The van der Waals surface area contributed by atoms with E-state index in [1.54, 1.807) is 0 Å². The van der Waals surface area contributed by atoms with Gasteiger partial charge in [0, 0.05) is 6.08 Å². The van der Waals surface area contributed by atoms with Crippen LogP contribution in [0.4, 0.5) is 0 Å². The molecule has 2 aromatic rings. The molecule has 0 saturated carbocycles. The number of imide groups is 1. The Morgan fingerprint density at radius 1 is 0.810 bits per heavy atom. The van der Waals surface area contributed by atoms with Gasteiger partial charge in [-0.25, -0.2) is 0 Å². The Hall–Kier alpha value is -2.68. The molecular weight excluding hydrogens is 262 g/mol. The van der Waals surface area contributed by atoms with Crippen molar-refractivity contribution in [3.8, 4) is 11.1 Å². The number of hydrogen-bond acceptors (Lipinski definition) is 2. The Bertz CT molecular complexity index is 767. The summed E-state index contributed by atoms with van der Waals surface area (Å²) in [5.74, 6) is -0.690. The van der Waals surface area contributed by atoms with Gasteiger partial charge in [0.1, 0.15) is 0 Å². The van der Waals surface area contributed by atoms with E-state index < -0.39 is 0 Å². The van der Waals surface area contributed by atoms with Gasteiger partial charge in [-0.3, -0.25) is 14.9 Å². The van der Waals surface area contributed by atoms with E-state index in [1.165, 1.54) is 6.08 Å². The summed E-state index contributed by atoms with van der Waals surface area (Å²) in [6.45, 7) is 4.10. The molecule has 3 heteroatoms. The van der Waals surface area contributed by atoms with E-state index in [-0.39, 0.29) is 11.8 Å². The van der Waals surface area contributed by atoms with Gasteiger partial charge in [-0.15, -0.1) is 0 Å². The molecule has 0 aliphatic carbocycles. The average Bonchev–Trinajstić information content (AvgIpc) is 2.78. The molecule has 21 heavy (non-hydrogen) atoms. The summed E-state index contributed by atoms with van der Waals surface area (Å²) < 4.78 is 0. The van der Waals surface area contributed by atoms with Crippen molar-refractivity contribution in [2.45, 2.75) is 13.8 Å². The SMILES string of the molecule is Cc1cccc(C)c1-c1ccccc1C1=CC(=O)NC1=O. The molecule has 1 aliphatic heterocycles. The lowest BCUT2D eigenvalue weighted by Crippen LogP contribution is -2.21. The van der Waals surface area contributed by atoms with E-state index in [4.69, 9.17) is 0 Å². The highest BCUT2D eigenvalue weighted by molar-refractivity contribution is 6.34. The van der Waals surface area contributed by atoms with Crippen LogP contribution in [0.2, 0.25) is 0 Å². The molecule has 0 fully saturated rings. The van der Waals surface area contributed by atoms with Crippen LogP contribution in [0.15, 0.2) is 48.5 Å². The quantitative estimate of drug-likeness (QED) is 0.858. The molecule has 104 valence electrons. The van der Waals surface area contributed by atoms with Crippen LogP contribution in [0.25, 0.3) is 16.7 Å². The fourth-order valence-corrected chi connectivity index (χ4v) is 2.79. The van der Waals surface area contributed by atoms with Gasteiger partial charge in [0.25, 0.3) is 11.8 Å². The summed E-state index contributed by atoms with van der Waals surface area (Å²) in [6, 6.07) is 13.8. The van der Waals surface area contributed by atoms with Crippen molar-refractivity contribution in [1.29, 1.82) is 0 Å². The molecule has 1 aliphatic rings. The molecule has 0 bridgehead atoms. The molecule has 0 spiro atoms. The number of rotatable bonds is 2. The second-order valence-electron chi connectivity index (χ2n) is 5.19. The van der Waals surface area contributed by atoms with Crippen LogP contribution >= 0.6 is 0 Å².